The number of nitro groups is 1. The number of phenols is 1. The Bertz CT molecular complexity index is 640. The first-order valence-corrected chi connectivity index (χ1v) is 5.61. The molecule has 0 radical (unpaired) electrons. The number of nitrogens with zero attached hydrogens (tertiary/aromatic N) is 4. The van der Waals surface area contributed by atoms with Gasteiger partial charge in [0.05, 0.1) is 10.6 Å². The maximum absolute atomic E-state index is 12.0. The van der Waals surface area contributed by atoms with Crippen molar-refractivity contribution in [2.45, 2.75) is 13.0 Å². The van der Waals surface area contributed by atoms with Crippen molar-refractivity contribution in [3.63, 3.8) is 0 Å². The van der Waals surface area contributed by atoms with Crippen LogP contribution in [0.15, 0.2) is 30.9 Å². The zero-order chi connectivity index (χ0) is 14.7. The fourth-order valence-corrected chi connectivity index (χ4v) is 1.51. The van der Waals surface area contributed by atoms with Crippen LogP contribution in [-0.4, -0.2) is 30.7 Å². The topological polar surface area (TPSA) is 123 Å². The molecule has 1 atom stereocenters. The standard InChI is InChI=1S/C11H11N5O4/c1-7(15-6-12-5-13-15)11(18)14-9-4-8(16(19)20)2-3-10(9)17/h2-7,17H,1H3,(H,14,18). The summed E-state index contributed by atoms with van der Waals surface area (Å²) >= 11 is 0. The van der Waals surface area contributed by atoms with Crippen molar-refractivity contribution in [2.75, 3.05) is 5.32 Å². The van der Waals surface area contributed by atoms with Gasteiger partial charge in [-0.15, -0.1) is 0 Å². The third kappa shape index (κ3) is 2.71. The molecule has 9 nitrogen and oxygen atoms in total. The normalized spacial score (nSPS) is 11.8. The van der Waals surface area contributed by atoms with Gasteiger partial charge in [0.1, 0.15) is 24.4 Å². The monoisotopic (exact) mass is 277 g/mol. The summed E-state index contributed by atoms with van der Waals surface area (Å²) < 4.78 is 1.32. The van der Waals surface area contributed by atoms with E-state index in [1.807, 2.05) is 0 Å². The highest BCUT2D eigenvalue weighted by Gasteiger charge is 2.18. The number of nitrogens with one attached hydrogen (secondary N) is 1. The van der Waals surface area contributed by atoms with Gasteiger partial charge in [-0.3, -0.25) is 14.9 Å². The SMILES string of the molecule is CC(C(=O)Nc1cc([N+](=O)[O-])ccc1O)n1cncn1. The smallest absolute Gasteiger partial charge is 0.271 e. The van der Waals surface area contributed by atoms with Gasteiger partial charge in [0.15, 0.2) is 0 Å². The van der Waals surface area contributed by atoms with Crippen LogP contribution in [0.5, 0.6) is 5.75 Å². The number of hydrogen-bond donors (Lipinski definition) is 2. The van der Waals surface area contributed by atoms with Crippen LogP contribution in [-0.2, 0) is 4.79 Å². The second-order valence-corrected chi connectivity index (χ2v) is 4.00. The number of benzene rings is 1. The average molecular weight is 277 g/mol. The summed E-state index contributed by atoms with van der Waals surface area (Å²) in [6.07, 6.45) is 2.66. The molecule has 0 aliphatic rings. The van der Waals surface area contributed by atoms with Crippen LogP contribution >= 0.6 is 0 Å². The molecule has 0 saturated carbocycles. The van der Waals surface area contributed by atoms with Gasteiger partial charge in [0, 0.05) is 12.1 Å². The van der Waals surface area contributed by atoms with E-state index in [1.165, 1.54) is 17.3 Å². The van der Waals surface area contributed by atoms with E-state index in [4.69, 9.17) is 0 Å². The molecule has 2 aromatic rings. The summed E-state index contributed by atoms with van der Waals surface area (Å²) in [6, 6.07) is 2.71. The van der Waals surface area contributed by atoms with Gasteiger partial charge in [-0.05, 0) is 13.0 Å². The summed E-state index contributed by atoms with van der Waals surface area (Å²) in [6.45, 7) is 1.58. The van der Waals surface area contributed by atoms with Crippen molar-refractivity contribution >= 4 is 17.3 Å². The molecular weight excluding hydrogens is 266 g/mol. The Morgan fingerprint density at radius 3 is 2.90 bits per heavy atom. The summed E-state index contributed by atoms with van der Waals surface area (Å²) in [5.74, 6) is -0.735. The molecule has 9 heteroatoms. The number of rotatable bonds is 4. The average Bonchev–Trinajstić information content (AvgIpc) is 2.94. The highest BCUT2D eigenvalue weighted by molar-refractivity contribution is 5.95. The van der Waals surface area contributed by atoms with Gasteiger partial charge in [0.25, 0.3) is 5.69 Å². The maximum Gasteiger partial charge on any atom is 0.271 e. The maximum atomic E-state index is 12.0. The minimum Gasteiger partial charge on any atom is -0.506 e. The molecule has 0 spiro atoms. The molecular formula is C11H11N5O4. The molecule has 0 aliphatic carbocycles. The predicted molar refractivity (Wildman–Crippen MR) is 68.1 cm³/mol. The molecule has 0 aliphatic heterocycles. The van der Waals surface area contributed by atoms with Crippen LogP contribution < -0.4 is 5.32 Å². The Labute approximate surface area is 113 Å². The Morgan fingerprint density at radius 1 is 1.55 bits per heavy atom. The van der Waals surface area contributed by atoms with Crippen molar-refractivity contribution < 1.29 is 14.8 Å². The van der Waals surface area contributed by atoms with Gasteiger partial charge < -0.3 is 10.4 Å². The largest absolute Gasteiger partial charge is 0.506 e. The highest BCUT2D eigenvalue weighted by atomic mass is 16.6. The lowest BCUT2D eigenvalue weighted by molar-refractivity contribution is -0.384. The van der Waals surface area contributed by atoms with Crippen molar-refractivity contribution in [3.8, 4) is 5.75 Å². The minimum atomic E-state index is -0.670. The molecule has 0 fully saturated rings. The van der Waals surface area contributed by atoms with Gasteiger partial charge >= 0.3 is 0 Å². The summed E-state index contributed by atoms with van der Waals surface area (Å²) in [5.41, 5.74) is -0.261. The number of carbonyl (C=O) groups is 1. The van der Waals surface area contributed by atoms with Crippen LogP contribution in [0, 0.1) is 10.1 Å². The van der Waals surface area contributed by atoms with Crippen LogP contribution in [0.1, 0.15) is 13.0 Å². The number of hydrogen-bond acceptors (Lipinski definition) is 6. The Balaban J connectivity index is 2.19. The van der Waals surface area contributed by atoms with Gasteiger partial charge in [-0.25, -0.2) is 9.67 Å². The molecule has 1 aromatic carbocycles. The number of aromatic hydroxyl groups is 1. The molecule has 1 unspecified atom stereocenters. The highest BCUT2D eigenvalue weighted by Crippen LogP contribution is 2.28. The second-order valence-electron chi connectivity index (χ2n) is 4.00. The third-order valence-electron chi connectivity index (χ3n) is 2.66. The third-order valence-corrected chi connectivity index (χ3v) is 2.66. The molecule has 2 rings (SSSR count). The first kappa shape index (κ1) is 13.5. The van der Waals surface area contributed by atoms with E-state index >= 15 is 0 Å². The lowest BCUT2D eigenvalue weighted by atomic mass is 10.2. The number of anilines is 1. The molecule has 0 saturated heterocycles. The van der Waals surface area contributed by atoms with E-state index in [0.29, 0.717) is 0 Å². The number of non-ortho nitro benzene ring substituents is 1. The fraction of sp³-hybridized carbons (Fsp3) is 0.182. The Hall–Kier alpha value is -2.97. The van der Waals surface area contributed by atoms with E-state index < -0.39 is 16.9 Å². The molecule has 0 bridgehead atoms. The minimum absolute atomic E-state index is 0.0313. The van der Waals surface area contributed by atoms with Crippen molar-refractivity contribution in [3.05, 3.63) is 41.0 Å². The van der Waals surface area contributed by atoms with E-state index in [0.717, 1.165) is 18.2 Å². The fourth-order valence-electron chi connectivity index (χ4n) is 1.51. The Morgan fingerprint density at radius 2 is 2.30 bits per heavy atom. The van der Waals surface area contributed by atoms with E-state index in [9.17, 15) is 20.0 Å². The Kier molecular flexibility index (Phi) is 3.60. The first-order chi connectivity index (χ1) is 9.49. The number of carbonyl (C=O) groups excluding carboxylic acids is 1. The summed E-state index contributed by atoms with van der Waals surface area (Å²) in [7, 11) is 0. The number of amides is 1. The number of aromatic nitrogens is 3. The van der Waals surface area contributed by atoms with E-state index in [2.05, 4.69) is 15.4 Å². The van der Waals surface area contributed by atoms with Crippen molar-refractivity contribution in [1.82, 2.24) is 14.8 Å². The van der Waals surface area contributed by atoms with Crippen LogP contribution in [0.2, 0.25) is 0 Å². The first-order valence-electron chi connectivity index (χ1n) is 5.61. The molecule has 1 amide bonds. The van der Waals surface area contributed by atoms with Gasteiger partial charge in [0.2, 0.25) is 5.91 Å². The molecule has 2 N–H and O–H groups in total. The van der Waals surface area contributed by atoms with Crippen LogP contribution in [0.4, 0.5) is 11.4 Å². The van der Waals surface area contributed by atoms with Gasteiger partial charge in [-0.1, -0.05) is 0 Å². The lowest BCUT2D eigenvalue weighted by Crippen LogP contribution is -2.24. The zero-order valence-electron chi connectivity index (χ0n) is 10.4. The van der Waals surface area contributed by atoms with Crippen LogP contribution in [0.25, 0.3) is 0 Å². The molecule has 1 heterocycles. The number of nitro benzene ring substituents is 1. The van der Waals surface area contributed by atoms with E-state index in [-0.39, 0.29) is 17.1 Å². The molecule has 1 aromatic heterocycles. The second kappa shape index (κ2) is 5.34. The molecule has 104 valence electrons. The summed E-state index contributed by atoms with van der Waals surface area (Å²) in [4.78, 5) is 25.7. The molecule has 20 heavy (non-hydrogen) atoms. The number of phenolic OH excluding ortho intramolecular Hbond substituents is 1. The van der Waals surface area contributed by atoms with Crippen LogP contribution in [0.3, 0.4) is 0 Å². The van der Waals surface area contributed by atoms with Crippen molar-refractivity contribution in [1.29, 1.82) is 0 Å². The quantitative estimate of drug-likeness (QED) is 0.490. The van der Waals surface area contributed by atoms with Crippen molar-refractivity contribution in [2.24, 2.45) is 0 Å². The summed E-state index contributed by atoms with van der Waals surface area (Å²) in [5, 5.41) is 26.5. The predicted octanol–water partition coefficient (Wildman–Crippen LogP) is 1.09. The lowest BCUT2D eigenvalue weighted by Gasteiger charge is -2.12. The van der Waals surface area contributed by atoms with Gasteiger partial charge in [-0.2, -0.15) is 5.10 Å². The zero-order valence-corrected chi connectivity index (χ0v) is 10.4. The van der Waals surface area contributed by atoms with E-state index in [1.54, 1.807) is 6.92 Å².